The van der Waals surface area contributed by atoms with E-state index >= 15 is 0 Å². The van der Waals surface area contributed by atoms with Crippen molar-refractivity contribution >= 4 is 11.6 Å². The highest BCUT2D eigenvalue weighted by Gasteiger charge is 2.22. The van der Waals surface area contributed by atoms with Gasteiger partial charge in [0.1, 0.15) is 5.75 Å². The fourth-order valence-corrected chi connectivity index (χ4v) is 4.09. The van der Waals surface area contributed by atoms with Gasteiger partial charge in [0.15, 0.2) is 0 Å². The molecule has 0 aromatic heterocycles. The third-order valence-electron chi connectivity index (χ3n) is 5.95. The Balaban J connectivity index is 1.36. The summed E-state index contributed by atoms with van der Waals surface area (Å²) in [5, 5.41) is 0. The molecule has 0 N–H and O–H groups in total. The fraction of sp³-hybridized carbons (Fsp3) is 0.296. The van der Waals surface area contributed by atoms with Crippen LogP contribution in [0.2, 0.25) is 0 Å². The van der Waals surface area contributed by atoms with Crippen molar-refractivity contribution in [2.75, 3.05) is 44.7 Å². The molecule has 0 saturated carbocycles. The molecule has 3 aromatic rings. The van der Waals surface area contributed by atoms with Crippen molar-refractivity contribution in [2.24, 2.45) is 0 Å². The number of methoxy groups -OCH3 is 1. The highest BCUT2D eigenvalue weighted by molar-refractivity contribution is 5.78. The van der Waals surface area contributed by atoms with Crippen molar-refractivity contribution < 1.29 is 9.53 Å². The molecule has 0 aliphatic carbocycles. The Hall–Kier alpha value is -3.31. The zero-order valence-corrected chi connectivity index (χ0v) is 18.7. The molecule has 5 nitrogen and oxygen atoms in total. The number of hydrogen-bond donors (Lipinski definition) is 0. The molecule has 4 rings (SSSR count). The van der Waals surface area contributed by atoms with E-state index in [1.54, 1.807) is 7.11 Å². The lowest BCUT2D eigenvalue weighted by molar-refractivity contribution is -0.133. The molecule has 1 aliphatic rings. The minimum atomic E-state index is 0.176. The smallest absolute Gasteiger partial charge is 0.237 e. The number of piperazine rings is 1. The monoisotopic (exact) mass is 429 g/mol. The van der Waals surface area contributed by atoms with Crippen molar-refractivity contribution in [1.29, 1.82) is 0 Å². The first-order chi connectivity index (χ1) is 15.7. The normalized spacial score (nSPS) is 14.2. The number of benzene rings is 3. The van der Waals surface area contributed by atoms with Crippen molar-refractivity contribution in [1.82, 2.24) is 9.80 Å². The standard InChI is InChI=1S/C27H31N3O2/c1-32-26-14-12-25(13-15-26)29-18-16-28(17-19-29)22-27(31)30(20-23-8-4-2-5-9-23)21-24-10-6-3-7-11-24/h2-15H,16-22H2,1H3. The second kappa shape index (κ2) is 10.8. The zero-order chi connectivity index (χ0) is 22.2. The SMILES string of the molecule is COc1ccc(N2CCN(CC(=O)N(Cc3ccccc3)Cc3ccccc3)CC2)cc1. The van der Waals surface area contributed by atoms with Gasteiger partial charge < -0.3 is 14.5 Å². The fourth-order valence-electron chi connectivity index (χ4n) is 4.09. The van der Waals surface area contributed by atoms with Crippen molar-refractivity contribution in [3.63, 3.8) is 0 Å². The van der Waals surface area contributed by atoms with Crippen molar-refractivity contribution in [2.45, 2.75) is 13.1 Å². The molecule has 1 amide bonds. The van der Waals surface area contributed by atoms with E-state index in [0.29, 0.717) is 19.6 Å². The molecule has 3 aromatic carbocycles. The van der Waals surface area contributed by atoms with Gasteiger partial charge in [-0.2, -0.15) is 0 Å². The largest absolute Gasteiger partial charge is 0.497 e. The van der Waals surface area contributed by atoms with Crippen LogP contribution < -0.4 is 9.64 Å². The van der Waals surface area contributed by atoms with Gasteiger partial charge in [-0.15, -0.1) is 0 Å². The van der Waals surface area contributed by atoms with E-state index < -0.39 is 0 Å². The van der Waals surface area contributed by atoms with E-state index in [1.165, 1.54) is 5.69 Å². The second-order valence-corrected chi connectivity index (χ2v) is 8.18. The van der Waals surface area contributed by atoms with Gasteiger partial charge in [0.05, 0.1) is 13.7 Å². The van der Waals surface area contributed by atoms with Crippen LogP contribution in [0.5, 0.6) is 5.75 Å². The van der Waals surface area contributed by atoms with Crippen LogP contribution in [0, 0.1) is 0 Å². The quantitative estimate of drug-likeness (QED) is 0.541. The van der Waals surface area contributed by atoms with Gasteiger partial charge >= 0.3 is 0 Å². The summed E-state index contributed by atoms with van der Waals surface area (Å²) in [6.07, 6.45) is 0. The van der Waals surface area contributed by atoms with Crippen molar-refractivity contribution in [3.8, 4) is 5.75 Å². The predicted molar refractivity (Wildman–Crippen MR) is 129 cm³/mol. The molecule has 1 fully saturated rings. The van der Waals surface area contributed by atoms with Crippen LogP contribution in [0.15, 0.2) is 84.9 Å². The molecular formula is C27H31N3O2. The number of amides is 1. The topological polar surface area (TPSA) is 36.0 Å². The predicted octanol–water partition coefficient (Wildman–Crippen LogP) is 4.05. The van der Waals surface area contributed by atoms with Gasteiger partial charge in [-0.05, 0) is 35.4 Å². The molecule has 0 spiro atoms. The number of rotatable bonds is 8. The maximum atomic E-state index is 13.3. The van der Waals surface area contributed by atoms with E-state index in [0.717, 1.165) is 43.1 Å². The van der Waals surface area contributed by atoms with E-state index in [9.17, 15) is 4.79 Å². The molecule has 0 unspecified atom stereocenters. The van der Waals surface area contributed by atoms with Crippen LogP contribution >= 0.6 is 0 Å². The number of carbonyl (C=O) groups excluding carboxylic acids is 1. The molecule has 1 saturated heterocycles. The van der Waals surface area contributed by atoms with E-state index in [1.807, 2.05) is 53.4 Å². The lowest BCUT2D eigenvalue weighted by atomic mass is 10.1. The lowest BCUT2D eigenvalue weighted by Crippen LogP contribution is -2.50. The van der Waals surface area contributed by atoms with E-state index in [2.05, 4.69) is 46.2 Å². The van der Waals surface area contributed by atoms with Crippen LogP contribution in [-0.2, 0) is 17.9 Å². The van der Waals surface area contributed by atoms with Crippen LogP contribution in [0.25, 0.3) is 0 Å². The van der Waals surface area contributed by atoms with Crippen molar-refractivity contribution in [3.05, 3.63) is 96.1 Å². The minimum absolute atomic E-state index is 0.176. The number of hydrogen-bond acceptors (Lipinski definition) is 4. The third kappa shape index (κ3) is 5.89. The molecule has 166 valence electrons. The lowest BCUT2D eigenvalue weighted by Gasteiger charge is -2.36. The van der Waals surface area contributed by atoms with E-state index in [-0.39, 0.29) is 5.91 Å². The van der Waals surface area contributed by atoms with Crippen LogP contribution in [-0.4, -0.2) is 55.5 Å². The maximum Gasteiger partial charge on any atom is 0.237 e. The Labute approximate surface area is 190 Å². The first kappa shape index (κ1) is 21.9. The molecule has 1 heterocycles. The van der Waals surface area contributed by atoms with Gasteiger partial charge in [-0.1, -0.05) is 60.7 Å². The maximum absolute atomic E-state index is 13.3. The third-order valence-corrected chi connectivity index (χ3v) is 5.95. The Morgan fingerprint density at radius 3 is 1.81 bits per heavy atom. The van der Waals surface area contributed by atoms with Crippen LogP contribution in [0.4, 0.5) is 5.69 Å². The Bertz CT molecular complexity index is 927. The first-order valence-corrected chi connectivity index (χ1v) is 11.2. The van der Waals surface area contributed by atoms with Gasteiger partial charge in [-0.25, -0.2) is 0 Å². The average Bonchev–Trinajstić information content (AvgIpc) is 2.85. The van der Waals surface area contributed by atoms with Crippen LogP contribution in [0.3, 0.4) is 0 Å². The summed E-state index contributed by atoms with van der Waals surface area (Å²) in [5.74, 6) is 1.05. The Morgan fingerprint density at radius 2 is 1.31 bits per heavy atom. The summed E-state index contributed by atoms with van der Waals surface area (Å²) in [6.45, 7) is 5.29. The second-order valence-electron chi connectivity index (χ2n) is 8.18. The van der Waals surface area contributed by atoms with Gasteiger partial charge in [0.25, 0.3) is 0 Å². The summed E-state index contributed by atoms with van der Waals surface area (Å²) in [5.41, 5.74) is 3.51. The van der Waals surface area contributed by atoms with Crippen LogP contribution in [0.1, 0.15) is 11.1 Å². The number of carbonyl (C=O) groups is 1. The highest BCUT2D eigenvalue weighted by atomic mass is 16.5. The van der Waals surface area contributed by atoms with Gasteiger partial charge in [0, 0.05) is 45.0 Å². The summed E-state index contributed by atoms with van der Waals surface area (Å²) in [6, 6.07) is 28.6. The molecule has 0 radical (unpaired) electrons. The molecule has 5 heteroatoms. The summed E-state index contributed by atoms with van der Waals surface area (Å²) < 4.78 is 5.26. The average molecular weight is 430 g/mol. The number of nitrogens with zero attached hydrogens (tertiary/aromatic N) is 3. The summed E-state index contributed by atoms with van der Waals surface area (Å²) >= 11 is 0. The Kier molecular flexibility index (Phi) is 7.41. The number of ether oxygens (including phenoxy) is 1. The molecule has 1 aliphatic heterocycles. The highest BCUT2D eigenvalue weighted by Crippen LogP contribution is 2.20. The molecule has 32 heavy (non-hydrogen) atoms. The Morgan fingerprint density at radius 1 is 0.781 bits per heavy atom. The number of anilines is 1. The minimum Gasteiger partial charge on any atom is -0.497 e. The van der Waals surface area contributed by atoms with Gasteiger partial charge in [0.2, 0.25) is 5.91 Å². The molecule has 0 atom stereocenters. The first-order valence-electron chi connectivity index (χ1n) is 11.2. The molecule has 0 bridgehead atoms. The zero-order valence-electron chi connectivity index (χ0n) is 18.7. The van der Waals surface area contributed by atoms with E-state index in [4.69, 9.17) is 4.74 Å². The molecular weight excluding hydrogens is 398 g/mol. The summed E-state index contributed by atoms with van der Waals surface area (Å²) in [7, 11) is 1.68. The van der Waals surface area contributed by atoms with Gasteiger partial charge in [-0.3, -0.25) is 9.69 Å². The summed E-state index contributed by atoms with van der Waals surface area (Å²) in [4.78, 5) is 19.9.